The zero-order valence-corrected chi connectivity index (χ0v) is 26.5. The molecular formula is C36H34Br2O5. The van der Waals surface area contributed by atoms with Gasteiger partial charge in [0.05, 0.1) is 18.1 Å². The molecule has 0 aliphatic heterocycles. The zero-order valence-electron chi connectivity index (χ0n) is 23.3. The Hall–Kier alpha value is -4.65. The quantitative estimate of drug-likeness (QED) is 0.0789. The average Bonchev–Trinajstić information content (AvgIpc) is 3.26. The third kappa shape index (κ3) is 5.47. The van der Waals surface area contributed by atoms with Gasteiger partial charge in [-0.2, -0.15) is 0 Å². The molecule has 0 atom stereocenters. The van der Waals surface area contributed by atoms with Crippen molar-refractivity contribution >= 4 is 55.8 Å². The summed E-state index contributed by atoms with van der Waals surface area (Å²) in [6, 6.07) is 23.8. The van der Waals surface area contributed by atoms with Gasteiger partial charge < -0.3 is 9.47 Å². The molecule has 1 aliphatic carbocycles. The van der Waals surface area contributed by atoms with Crippen molar-refractivity contribution in [1.82, 2.24) is 0 Å². The first-order valence-electron chi connectivity index (χ1n) is 13.0. The number of hydrogen-bond donors (Lipinski definition) is 0. The lowest BCUT2D eigenvalue weighted by Gasteiger charge is -2.35. The van der Waals surface area contributed by atoms with E-state index in [4.69, 9.17) is 9.47 Å². The maximum atomic E-state index is 12.9. The molecule has 0 saturated heterocycles. The van der Waals surface area contributed by atoms with Crippen molar-refractivity contribution in [2.75, 3.05) is 7.11 Å². The highest BCUT2D eigenvalue weighted by Crippen LogP contribution is 2.57. The van der Waals surface area contributed by atoms with E-state index in [0.717, 1.165) is 47.9 Å². The molecule has 0 aromatic heterocycles. The van der Waals surface area contributed by atoms with Gasteiger partial charge >= 0.3 is 11.9 Å². The Morgan fingerprint density at radius 2 is 1.47 bits per heavy atom. The third-order valence-corrected chi connectivity index (χ3v) is 8.30. The molecule has 7 heteroatoms. The maximum Gasteiger partial charge on any atom is 0.338 e. The van der Waals surface area contributed by atoms with Crippen LogP contribution in [0.15, 0.2) is 105 Å². The molecule has 4 aromatic rings. The van der Waals surface area contributed by atoms with Crippen LogP contribution in [-0.2, 0) is 19.7 Å². The highest BCUT2D eigenvalue weighted by atomic mass is 79.9. The van der Waals surface area contributed by atoms with Crippen molar-refractivity contribution in [3.05, 3.63) is 144 Å². The first-order chi connectivity index (χ1) is 20.7. The fraction of sp³-hybridized carbons (Fsp3) is 0.111. The predicted octanol–water partition coefficient (Wildman–Crippen LogP) is 9.54. The van der Waals surface area contributed by atoms with Gasteiger partial charge in [-0.15, -0.1) is 0 Å². The number of rotatable bonds is 5. The van der Waals surface area contributed by atoms with E-state index in [0.29, 0.717) is 16.9 Å². The lowest BCUT2D eigenvalue weighted by atomic mass is 9.67. The molecule has 43 heavy (non-hydrogen) atoms. The van der Waals surface area contributed by atoms with Gasteiger partial charge in [0.1, 0.15) is 5.75 Å². The topological polar surface area (TPSA) is 69.7 Å². The minimum absolute atomic E-state index is 0. The summed E-state index contributed by atoms with van der Waals surface area (Å²) in [7, 11) is 1.37. The van der Waals surface area contributed by atoms with Crippen LogP contribution in [0.1, 0.15) is 59.2 Å². The summed E-state index contributed by atoms with van der Waals surface area (Å²) in [5, 5.41) is 0. The van der Waals surface area contributed by atoms with Gasteiger partial charge in [0.25, 0.3) is 0 Å². The molecule has 0 N–H and O–H groups in total. The van der Waals surface area contributed by atoms with Crippen LogP contribution in [-0.4, -0.2) is 25.0 Å². The van der Waals surface area contributed by atoms with Gasteiger partial charge in [0, 0.05) is 47.5 Å². The van der Waals surface area contributed by atoms with Crippen molar-refractivity contribution in [2.45, 2.75) is 19.3 Å². The average molecular weight is 706 g/mol. The van der Waals surface area contributed by atoms with Crippen LogP contribution < -0.4 is 4.74 Å². The minimum atomic E-state index is -0.918. The van der Waals surface area contributed by atoms with Crippen LogP contribution in [0.4, 0.5) is 0 Å². The lowest BCUT2D eigenvalue weighted by Crippen LogP contribution is -2.29. The number of fused-ring (bicyclic) bond motifs is 3. The minimum Gasteiger partial charge on any atom is -0.465 e. The second-order valence-electron chi connectivity index (χ2n) is 9.76. The van der Waals surface area contributed by atoms with Crippen LogP contribution in [0.5, 0.6) is 5.75 Å². The van der Waals surface area contributed by atoms with Crippen molar-refractivity contribution in [3.8, 4) is 16.9 Å². The second kappa shape index (κ2) is 12.3. The Morgan fingerprint density at radius 3 is 2.07 bits per heavy atom. The molecule has 0 amide bonds. The molecule has 0 unspecified atom stereocenters. The van der Waals surface area contributed by atoms with Gasteiger partial charge in [-0.3, -0.25) is 4.79 Å². The molecule has 0 radical (unpaired) electrons. The van der Waals surface area contributed by atoms with E-state index >= 15 is 0 Å². The Bertz CT molecular complexity index is 2000. The normalized spacial score (nSPS) is 11.8. The van der Waals surface area contributed by atoms with E-state index in [1.165, 1.54) is 20.0 Å². The molecule has 1 aliphatic rings. The smallest absolute Gasteiger partial charge is 0.338 e. The summed E-state index contributed by atoms with van der Waals surface area (Å²) in [6.45, 7) is 3.20. The molecule has 4 aromatic carbocycles. The highest BCUT2D eigenvalue weighted by molar-refractivity contribution is 9.10. The largest absolute Gasteiger partial charge is 0.465 e. The van der Waals surface area contributed by atoms with E-state index in [1.807, 2.05) is 55.5 Å². The summed E-state index contributed by atoms with van der Waals surface area (Å²) in [6.07, 6.45) is 1.57. The SMILES string of the molecule is COC(=O)c1cc(C2(c3ccc(C=C=C=C=C=C=O)c(OC(C)=O)c3)c3cc(Br)ccc3-c3ccc(Br)cc32)ccc1C.[HH].[HH].[HH].[HH].[HH].[HH]. The van der Waals surface area contributed by atoms with E-state index in [-0.39, 0.29) is 8.56 Å². The van der Waals surface area contributed by atoms with Gasteiger partial charge in [0.15, 0.2) is 5.94 Å². The monoisotopic (exact) mass is 704 g/mol. The number of ether oxygens (including phenoxy) is 2. The Balaban J connectivity index is 0. The molecule has 0 heterocycles. The standard InChI is InChI=1S/C36H22Br2O5.6H2/c1-22-9-11-25(18-31(22)35(41)42-3)36(32-20-27(37)13-15-29(32)30-16-14-28(38)21-33(30)36)26-12-10-24(8-6-4-5-7-17-39)34(19-26)43-23(2)40;;;;;;/h8-16,18-21H,1-3H3;6*1H. The Labute approximate surface area is 274 Å². The molecule has 5 rings (SSSR count). The first-order valence-corrected chi connectivity index (χ1v) is 14.6. The molecule has 0 fully saturated rings. The number of hydrogen-bond acceptors (Lipinski definition) is 5. The summed E-state index contributed by atoms with van der Waals surface area (Å²) in [4.78, 5) is 35.5. The molecule has 5 nitrogen and oxygen atoms in total. The van der Waals surface area contributed by atoms with Crippen molar-refractivity contribution in [2.24, 2.45) is 0 Å². The number of benzene rings is 4. The van der Waals surface area contributed by atoms with Crippen LogP contribution in [0.25, 0.3) is 17.2 Å². The Morgan fingerprint density at radius 1 is 0.837 bits per heavy atom. The van der Waals surface area contributed by atoms with Crippen molar-refractivity contribution in [3.63, 3.8) is 0 Å². The van der Waals surface area contributed by atoms with E-state index in [1.54, 1.807) is 6.08 Å². The first kappa shape index (κ1) is 29.8. The fourth-order valence-corrected chi connectivity index (χ4v) is 6.30. The number of methoxy groups -OCH3 is 1. The van der Waals surface area contributed by atoms with Crippen LogP contribution in [0, 0.1) is 6.92 Å². The predicted molar refractivity (Wildman–Crippen MR) is 183 cm³/mol. The molecule has 0 saturated carbocycles. The van der Waals surface area contributed by atoms with Crippen molar-refractivity contribution < 1.29 is 32.4 Å². The summed E-state index contributed by atoms with van der Waals surface area (Å²) in [5.74, 6) is 0.842. The summed E-state index contributed by atoms with van der Waals surface area (Å²) in [5.41, 5.74) is 16.4. The summed E-state index contributed by atoms with van der Waals surface area (Å²) < 4.78 is 12.6. The Kier molecular flexibility index (Phi) is 8.53. The van der Waals surface area contributed by atoms with Gasteiger partial charge in [-0.25, -0.2) is 9.59 Å². The molecule has 0 spiro atoms. The fourth-order valence-electron chi connectivity index (χ4n) is 5.58. The number of carbonyl (C=O) groups is 2. The van der Waals surface area contributed by atoms with Gasteiger partial charge in [-0.1, -0.05) is 74.0 Å². The van der Waals surface area contributed by atoms with Crippen LogP contribution in [0.3, 0.4) is 0 Å². The number of esters is 2. The molecular weight excluding hydrogens is 672 g/mol. The molecule has 222 valence electrons. The zero-order chi connectivity index (χ0) is 30.7. The molecule has 0 bridgehead atoms. The highest BCUT2D eigenvalue weighted by Gasteiger charge is 2.47. The third-order valence-electron chi connectivity index (χ3n) is 7.31. The van der Waals surface area contributed by atoms with Crippen LogP contribution >= 0.6 is 31.9 Å². The second-order valence-corrected chi connectivity index (χ2v) is 11.6. The van der Waals surface area contributed by atoms with E-state index in [9.17, 15) is 14.4 Å². The number of aryl methyl sites for hydroxylation is 1. The van der Waals surface area contributed by atoms with E-state index in [2.05, 4.69) is 79.1 Å². The number of halogens is 2. The van der Waals surface area contributed by atoms with Crippen LogP contribution in [0.2, 0.25) is 0 Å². The summed E-state index contributed by atoms with van der Waals surface area (Å²) >= 11 is 7.36. The lowest BCUT2D eigenvalue weighted by molar-refractivity contribution is -0.131. The van der Waals surface area contributed by atoms with Gasteiger partial charge in [-0.05, 0) is 88.0 Å². The van der Waals surface area contributed by atoms with Crippen molar-refractivity contribution in [1.29, 1.82) is 0 Å². The number of carbonyl (C=O) groups excluding carboxylic acids is 3. The maximum absolute atomic E-state index is 12.9. The van der Waals surface area contributed by atoms with Gasteiger partial charge in [0.2, 0.25) is 0 Å². The van der Waals surface area contributed by atoms with E-state index < -0.39 is 17.4 Å².